The number of carbonyl (C=O) groups excluding carboxylic acids is 1. The van der Waals surface area contributed by atoms with E-state index in [1.807, 2.05) is 29.2 Å². The Balaban J connectivity index is 1.64. The number of hydrogen-bond acceptors (Lipinski definition) is 2. The second-order valence-corrected chi connectivity index (χ2v) is 6.92. The van der Waals surface area contributed by atoms with E-state index in [0.717, 1.165) is 23.5 Å². The molecule has 2 nitrogen and oxygen atoms in total. The van der Waals surface area contributed by atoms with Gasteiger partial charge in [0.25, 0.3) is 5.91 Å². The molecule has 1 aliphatic carbocycles. The van der Waals surface area contributed by atoms with Gasteiger partial charge in [0, 0.05) is 23.5 Å². The van der Waals surface area contributed by atoms with Crippen molar-refractivity contribution in [2.75, 3.05) is 13.1 Å². The minimum Gasteiger partial charge on any atom is -0.339 e. The highest BCUT2D eigenvalue weighted by Gasteiger charge is 2.36. The lowest BCUT2D eigenvalue weighted by molar-refractivity contribution is 0.0472. The molecule has 3 heteroatoms. The molecule has 1 amide bonds. The number of piperidine rings is 1. The maximum Gasteiger partial charge on any atom is 0.253 e. The predicted molar refractivity (Wildman–Crippen MR) is 84.3 cm³/mol. The minimum atomic E-state index is 0.173. The predicted octanol–water partition coefficient (Wildman–Crippen LogP) is 4.16. The van der Waals surface area contributed by atoms with Gasteiger partial charge in [0.2, 0.25) is 0 Å². The summed E-state index contributed by atoms with van der Waals surface area (Å²) in [4.78, 5) is 15.4. The number of thiol groups is 1. The van der Waals surface area contributed by atoms with Crippen LogP contribution in [0.4, 0.5) is 0 Å². The van der Waals surface area contributed by atoms with E-state index in [1.165, 1.54) is 44.9 Å². The summed E-state index contributed by atoms with van der Waals surface area (Å²) in [6.07, 6.45) is 9.31. The summed E-state index contributed by atoms with van der Waals surface area (Å²) in [5, 5.41) is 0. The molecule has 1 aliphatic heterocycles. The zero-order chi connectivity index (χ0) is 14.0. The van der Waals surface area contributed by atoms with Crippen molar-refractivity contribution in [3.05, 3.63) is 29.8 Å². The van der Waals surface area contributed by atoms with Crippen LogP contribution in [0, 0.1) is 5.41 Å². The fourth-order valence-electron chi connectivity index (χ4n) is 3.81. The Morgan fingerprint density at radius 2 is 1.75 bits per heavy atom. The first kappa shape index (κ1) is 14.0. The average molecular weight is 289 g/mol. The Labute approximate surface area is 127 Å². The van der Waals surface area contributed by atoms with Crippen LogP contribution in [0.1, 0.15) is 55.3 Å². The molecule has 2 fully saturated rings. The van der Waals surface area contributed by atoms with Crippen molar-refractivity contribution in [1.29, 1.82) is 0 Å². The lowest BCUT2D eigenvalue weighted by atomic mass is 9.68. The molecule has 0 atom stereocenters. The average Bonchev–Trinajstić information content (AvgIpc) is 2.48. The molecule has 0 radical (unpaired) electrons. The maximum absolute atomic E-state index is 12.5. The lowest BCUT2D eigenvalue weighted by Crippen LogP contribution is -2.43. The number of carbonyl (C=O) groups is 1. The SMILES string of the molecule is O=C(c1cccc(S)c1)N1CCC2(CCCCC2)CC1. The van der Waals surface area contributed by atoms with Gasteiger partial charge in [-0.1, -0.05) is 25.3 Å². The summed E-state index contributed by atoms with van der Waals surface area (Å²) in [6, 6.07) is 7.58. The normalized spacial score (nSPS) is 21.9. The number of nitrogens with zero attached hydrogens (tertiary/aromatic N) is 1. The largest absolute Gasteiger partial charge is 0.339 e. The standard InChI is InChI=1S/C17H23NOS/c19-16(14-5-4-6-15(20)13-14)18-11-9-17(10-12-18)7-2-1-3-8-17/h4-6,13,20H,1-3,7-12H2. The van der Waals surface area contributed by atoms with Crippen LogP contribution in [0.15, 0.2) is 29.2 Å². The molecule has 108 valence electrons. The van der Waals surface area contributed by atoms with Crippen molar-refractivity contribution in [3.8, 4) is 0 Å². The highest BCUT2D eigenvalue weighted by Crippen LogP contribution is 2.44. The molecule has 1 aromatic rings. The van der Waals surface area contributed by atoms with Crippen LogP contribution >= 0.6 is 12.6 Å². The summed E-state index contributed by atoms with van der Waals surface area (Å²) < 4.78 is 0. The van der Waals surface area contributed by atoms with Crippen LogP contribution in [0.5, 0.6) is 0 Å². The minimum absolute atomic E-state index is 0.173. The first-order valence-electron chi connectivity index (χ1n) is 7.77. The summed E-state index contributed by atoms with van der Waals surface area (Å²) in [7, 11) is 0. The Hall–Kier alpha value is -0.960. The number of likely N-dealkylation sites (tertiary alicyclic amines) is 1. The zero-order valence-corrected chi connectivity index (χ0v) is 12.9. The van der Waals surface area contributed by atoms with Gasteiger partial charge in [-0.25, -0.2) is 0 Å². The van der Waals surface area contributed by atoms with E-state index >= 15 is 0 Å². The number of hydrogen-bond donors (Lipinski definition) is 1. The molecule has 0 bridgehead atoms. The first-order chi connectivity index (χ1) is 9.69. The van der Waals surface area contributed by atoms with Crippen molar-refractivity contribution in [2.45, 2.75) is 49.8 Å². The van der Waals surface area contributed by atoms with Gasteiger partial charge in [0.05, 0.1) is 0 Å². The molecule has 1 spiro atoms. The molecule has 1 saturated carbocycles. The van der Waals surface area contributed by atoms with Gasteiger partial charge < -0.3 is 4.90 Å². The van der Waals surface area contributed by atoms with Crippen LogP contribution < -0.4 is 0 Å². The van der Waals surface area contributed by atoms with E-state index in [0.29, 0.717) is 5.41 Å². The zero-order valence-electron chi connectivity index (χ0n) is 12.0. The maximum atomic E-state index is 12.5. The molecule has 2 aliphatic rings. The van der Waals surface area contributed by atoms with Gasteiger partial charge in [-0.3, -0.25) is 4.79 Å². The van der Waals surface area contributed by atoms with E-state index in [9.17, 15) is 4.79 Å². The van der Waals surface area contributed by atoms with E-state index in [2.05, 4.69) is 12.6 Å². The lowest BCUT2D eigenvalue weighted by Gasteiger charge is -2.44. The van der Waals surface area contributed by atoms with E-state index in [4.69, 9.17) is 0 Å². The molecule has 0 unspecified atom stereocenters. The van der Waals surface area contributed by atoms with Gasteiger partial charge in [-0.05, 0) is 49.3 Å². The summed E-state index contributed by atoms with van der Waals surface area (Å²) >= 11 is 4.32. The highest BCUT2D eigenvalue weighted by atomic mass is 32.1. The first-order valence-corrected chi connectivity index (χ1v) is 8.22. The third-order valence-electron chi connectivity index (χ3n) is 5.12. The Morgan fingerprint density at radius 1 is 1.05 bits per heavy atom. The van der Waals surface area contributed by atoms with Crippen molar-refractivity contribution in [1.82, 2.24) is 4.90 Å². The highest BCUT2D eigenvalue weighted by molar-refractivity contribution is 7.80. The molecular weight excluding hydrogens is 266 g/mol. The second-order valence-electron chi connectivity index (χ2n) is 6.40. The summed E-state index contributed by atoms with van der Waals surface area (Å²) in [6.45, 7) is 1.85. The van der Waals surface area contributed by atoms with E-state index in [1.54, 1.807) is 0 Å². The quantitative estimate of drug-likeness (QED) is 0.770. The second kappa shape index (κ2) is 5.80. The van der Waals surface area contributed by atoms with Crippen LogP contribution in [-0.4, -0.2) is 23.9 Å². The molecule has 1 saturated heterocycles. The summed E-state index contributed by atoms with van der Waals surface area (Å²) in [5.41, 5.74) is 1.33. The Morgan fingerprint density at radius 3 is 2.40 bits per heavy atom. The Kier molecular flexibility index (Phi) is 4.06. The van der Waals surface area contributed by atoms with Crippen LogP contribution in [0.25, 0.3) is 0 Å². The third-order valence-corrected chi connectivity index (χ3v) is 5.40. The van der Waals surface area contributed by atoms with Crippen molar-refractivity contribution >= 4 is 18.5 Å². The molecule has 0 aromatic heterocycles. The Bertz CT molecular complexity index is 484. The van der Waals surface area contributed by atoms with Gasteiger partial charge in [0.1, 0.15) is 0 Å². The van der Waals surface area contributed by atoms with Gasteiger partial charge >= 0.3 is 0 Å². The van der Waals surface area contributed by atoms with E-state index < -0.39 is 0 Å². The molecule has 1 aromatic carbocycles. The molecular formula is C17H23NOS. The third kappa shape index (κ3) is 2.88. The van der Waals surface area contributed by atoms with Crippen molar-refractivity contribution < 1.29 is 4.79 Å². The molecule has 3 rings (SSSR count). The van der Waals surface area contributed by atoms with Gasteiger partial charge in [-0.2, -0.15) is 0 Å². The van der Waals surface area contributed by atoms with Crippen LogP contribution in [-0.2, 0) is 0 Å². The molecule has 0 N–H and O–H groups in total. The van der Waals surface area contributed by atoms with E-state index in [-0.39, 0.29) is 5.91 Å². The smallest absolute Gasteiger partial charge is 0.253 e. The van der Waals surface area contributed by atoms with Crippen LogP contribution in [0.3, 0.4) is 0 Å². The van der Waals surface area contributed by atoms with Crippen molar-refractivity contribution in [2.24, 2.45) is 5.41 Å². The molecule has 1 heterocycles. The van der Waals surface area contributed by atoms with Crippen molar-refractivity contribution in [3.63, 3.8) is 0 Å². The van der Waals surface area contributed by atoms with Gasteiger partial charge in [-0.15, -0.1) is 12.6 Å². The topological polar surface area (TPSA) is 20.3 Å². The summed E-state index contributed by atoms with van der Waals surface area (Å²) in [5.74, 6) is 0.173. The number of benzene rings is 1. The number of amides is 1. The fraction of sp³-hybridized carbons (Fsp3) is 0.588. The molecule has 20 heavy (non-hydrogen) atoms. The monoisotopic (exact) mass is 289 g/mol. The number of rotatable bonds is 1. The fourth-order valence-corrected chi connectivity index (χ4v) is 4.03. The van der Waals surface area contributed by atoms with Gasteiger partial charge in [0.15, 0.2) is 0 Å². The van der Waals surface area contributed by atoms with Crippen LogP contribution in [0.2, 0.25) is 0 Å².